The topological polar surface area (TPSA) is 120 Å². The van der Waals surface area contributed by atoms with Crippen molar-refractivity contribution in [3.8, 4) is 0 Å². The lowest BCUT2D eigenvalue weighted by Gasteiger charge is -2.26. The van der Waals surface area contributed by atoms with Gasteiger partial charge >= 0.3 is 0 Å². The molecule has 0 bridgehead atoms. The summed E-state index contributed by atoms with van der Waals surface area (Å²) in [5.74, 6) is -0.732. The second kappa shape index (κ2) is 5.61. The van der Waals surface area contributed by atoms with Gasteiger partial charge in [-0.25, -0.2) is 13.1 Å². The summed E-state index contributed by atoms with van der Waals surface area (Å²) in [6, 6.07) is 3.41. The summed E-state index contributed by atoms with van der Waals surface area (Å²) in [5, 5.41) is 12.4. The second-order valence-corrected chi connectivity index (χ2v) is 5.98. The molecule has 2 unspecified atom stereocenters. The highest BCUT2D eigenvalue weighted by atomic mass is 32.2. The number of nitrogens with zero attached hydrogens (tertiary/aromatic N) is 1. The second-order valence-electron chi connectivity index (χ2n) is 4.04. The minimum Gasteiger partial charge on any atom is -0.361 e. The van der Waals surface area contributed by atoms with E-state index in [9.17, 15) is 13.2 Å². The van der Waals surface area contributed by atoms with Crippen LogP contribution in [0.3, 0.4) is 0 Å². The van der Waals surface area contributed by atoms with Gasteiger partial charge in [0.2, 0.25) is 15.9 Å². The van der Waals surface area contributed by atoms with Crippen LogP contribution in [0, 0.1) is 0 Å². The molecule has 0 aliphatic carbocycles. The molecule has 1 aromatic heterocycles. The average Bonchev–Trinajstić information content (AvgIpc) is 2.37. The normalized spacial score (nSPS) is 23.9. The number of hydrogen-bond donors (Lipinski definition) is 4. The number of carbonyl (C=O) groups excluding carboxylic acids is 1. The number of nitrogens with one attached hydrogen (secondary N) is 3. The Balaban J connectivity index is 2.01. The Morgan fingerprint density at radius 1 is 1.53 bits per heavy atom. The molecule has 1 fully saturated rings. The lowest BCUT2D eigenvalue weighted by molar-refractivity contribution is -0.126. The van der Waals surface area contributed by atoms with E-state index in [1.54, 1.807) is 18.3 Å². The minimum atomic E-state index is -3.82. The predicted octanol–water partition coefficient (Wildman–Crippen LogP) is -2.14. The van der Waals surface area contributed by atoms with Gasteiger partial charge in [0.25, 0.3) is 0 Å². The van der Waals surface area contributed by atoms with Crippen molar-refractivity contribution >= 4 is 15.9 Å². The third-order valence-electron chi connectivity index (χ3n) is 2.64. The fourth-order valence-electron chi connectivity index (χ4n) is 1.63. The van der Waals surface area contributed by atoms with E-state index >= 15 is 0 Å². The van der Waals surface area contributed by atoms with Crippen LogP contribution in [0.2, 0.25) is 0 Å². The number of amides is 1. The molecule has 2 heterocycles. The first kappa shape index (κ1) is 13.9. The number of aliphatic hydroxyl groups excluding tert-OH is 1. The van der Waals surface area contributed by atoms with Crippen molar-refractivity contribution < 1.29 is 18.3 Å². The smallest absolute Gasteiger partial charge is 0.244 e. The largest absolute Gasteiger partial charge is 0.361 e. The molecule has 4 N–H and O–H groups in total. The zero-order valence-corrected chi connectivity index (χ0v) is 10.7. The lowest BCUT2D eigenvalue weighted by Crippen LogP contribution is -2.62. The van der Waals surface area contributed by atoms with Gasteiger partial charge in [-0.15, -0.1) is 0 Å². The molecular formula is C10H14N4O4S. The van der Waals surface area contributed by atoms with Crippen molar-refractivity contribution in [3.05, 3.63) is 30.1 Å². The van der Waals surface area contributed by atoms with E-state index in [-0.39, 0.29) is 13.1 Å². The van der Waals surface area contributed by atoms with Crippen molar-refractivity contribution in [1.29, 1.82) is 0 Å². The summed E-state index contributed by atoms with van der Waals surface area (Å²) in [5.41, 5.74) is 0.690. The Hall–Kier alpha value is -1.55. The number of hydrogen-bond acceptors (Lipinski definition) is 6. The van der Waals surface area contributed by atoms with E-state index < -0.39 is 27.5 Å². The van der Waals surface area contributed by atoms with Crippen LogP contribution in [-0.4, -0.2) is 42.6 Å². The Kier molecular flexibility index (Phi) is 4.10. The minimum absolute atomic E-state index is 0.0580. The Morgan fingerprint density at radius 2 is 2.32 bits per heavy atom. The lowest BCUT2D eigenvalue weighted by atomic mass is 10.3. The van der Waals surface area contributed by atoms with Crippen LogP contribution in [0.5, 0.6) is 0 Å². The highest BCUT2D eigenvalue weighted by molar-refractivity contribution is 7.90. The summed E-state index contributed by atoms with van der Waals surface area (Å²) >= 11 is 0. The molecular weight excluding hydrogens is 272 g/mol. The van der Waals surface area contributed by atoms with Crippen molar-refractivity contribution in [3.63, 3.8) is 0 Å². The highest BCUT2D eigenvalue weighted by Gasteiger charge is 2.36. The molecule has 19 heavy (non-hydrogen) atoms. The molecule has 1 aromatic rings. The summed E-state index contributed by atoms with van der Waals surface area (Å²) in [6.07, 6.45) is 1.90. The molecule has 0 radical (unpaired) electrons. The molecule has 1 aliphatic rings. The standard InChI is InChI=1S/C10H14N4O4S/c15-9-8(6-12-10(16)14-9)19(17,18)13-5-7-2-1-3-11-4-7/h1-4,8,10,12-13,16H,5-6H2,(H,14,15). The van der Waals surface area contributed by atoms with Gasteiger partial charge in [-0.3, -0.25) is 15.1 Å². The molecule has 8 nitrogen and oxygen atoms in total. The first-order valence-corrected chi connectivity index (χ1v) is 7.13. The van der Waals surface area contributed by atoms with Gasteiger partial charge in [-0.1, -0.05) is 6.07 Å². The van der Waals surface area contributed by atoms with Crippen molar-refractivity contribution in [1.82, 2.24) is 20.3 Å². The highest BCUT2D eigenvalue weighted by Crippen LogP contribution is 2.05. The summed E-state index contributed by atoms with van der Waals surface area (Å²) in [7, 11) is -3.82. The van der Waals surface area contributed by atoms with Gasteiger partial charge in [0.1, 0.15) is 0 Å². The first-order chi connectivity index (χ1) is 8.99. The molecule has 0 spiro atoms. The number of rotatable bonds is 4. The van der Waals surface area contributed by atoms with E-state index in [2.05, 4.69) is 20.3 Å². The Morgan fingerprint density at radius 3 is 2.95 bits per heavy atom. The average molecular weight is 286 g/mol. The number of sulfonamides is 1. The molecule has 1 saturated heterocycles. The molecule has 104 valence electrons. The summed E-state index contributed by atoms with van der Waals surface area (Å²) < 4.78 is 26.3. The third kappa shape index (κ3) is 3.47. The van der Waals surface area contributed by atoms with Gasteiger partial charge in [0, 0.05) is 25.5 Å². The van der Waals surface area contributed by atoms with Crippen molar-refractivity contribution in [2.75, 3.05) is 6.54 Å². The molecule has 2 atom stereocenters. The molecule has 1 amide bonds. The van der Waals surface area contributed by atoms with Gasteiger partial charge in [-0.05, 0) is 11.6 Å². The SMILES string of the molecule is O=C1NC(O)NCC1S(=O)(=O)NCc1cccnc1. The summed E-state index contributed by atoms with van der Waals surface area (Å²) in [6.45, 7) is -0.0854. The van der Waals surface area contributed by atoms with Crippen LogP contribution < -0.4 is 15.4 Å². The maximum absolute atomic E-state index is 12.0. The quantitative estimate of drug-likeness (QED) is 0.501. The first-order valence-electron chi connectivity index (χ1n) is 5.58. The van der Waals surface area contributed by atoms with Crippen LogP contribution in [-0.2, 0) is 21.4 Å². The molecule has 9 heteroatoms. The zero-order valence-electron chi connectivity index (χ0n) is 9.91. The van der Waals surface area contributed by atoms with Gasteiger partial charge in [0.15, 0.2) is 11.6 Å². The number of carbonyl (C=O) groups is 1. The number of pyridine rings is 1. The third-order valence-corrected chi connectivity index (χ3v) is 4.32. The molecule has 0 saturated carbocycles. The van der Waals surface area contributed by atoms with Gasteiger partial charge in [-0.2, -0.15) is 0 Å². The van der Waals surface area contributed by atoms with E-state index in [0.29, 0.717) is 5.56 Å². The molecule has 0 aromatic carbocycles. The van der Waals surface area contributed by atoms with Crippen molar-refractivity contribution in [2.24, 2.45) is 0 Å². The van der Waals surface area contributed by atoms with E-state index in [1.807, 2.05) is 0 Å². The van der Waals surface area contributed by atoms with E-state index in [0.717, 1.165) is 0 Å². The summed E-state index contributed by atoms with van der Waals surface area (Å²) in [4.78, 5) is 15.4. The molecule has 1 aliphatic heterocycles. The van der Waals surface area contributed by atoms with Crippen LogP contribution in [0.25, 0.3) is 0 Å². The monoisotopic (exact) mass is 286 g/mol. The van der Waals surface area contributed by atoms with Crippen LogP contribution >= 0.6 is 0 Å². The van der Waals surface area contributed by atoms with E-state index in [4.69, 9.17) is 5.11 Å². The number of aliphatic hydroxyl groups is 1. The fraction of sp³-hybridized carbons (Fsp3) is 0.400. The van der Waals surface area contributed by atoms with Gasteiger partial charge in [0.05, 0.1) is 0 Å². The predicted molar refractivity (Wildman–Crippen MR) is 65.9 cm³/mol. The maximum Gasteiger partial charge on any atom is 0.244 e. The zero-order chi connectivity index (χ0) is 13.9. The van der Waals surface area contributed by atoms with Crippen LogP contribution in [0.4, 0.5) is 0 Å². The molecule has 2 rings (SSSR count). The van der Waals surface area contributed by atoms with E-state index in [1.165, 1.54) is 6.20 Å². The Bertz CT molecular complexity index is 548. The van der Waals surface area contributed by atoms with Crippen LogP contribution in [0.1, 0.15) is 5.56 Å². The Labute approximate surface area is 110 Å². The number of aromatic nitrogens is 1. The maximum atomic E-state index is 12.0. The fourth-order valence-corrected chi connectivity index (χ4v) is 2.86. The van der Waals surface area contributed by atoms with Crippen LogP contribution in [0.15, 0.2) is 24.5 Å². The van der Waals surface area contributed by atoms with Crippen molar-refractivity contribution in [2.45, 2.75) is 18.1 Å². The van der Waals surface area contributed by atoms with Gasteiger partial charge < -0.3 is 10.4 Å².